The van der Waals surface area contributed by atoms with Crippen LogP contribution in [0.4, 0.5) is 15.9 Å². The van der Waals surface area contributed by atoms with Crippen LogP contribution in [0.25, 0.3) is 10.9 Å². The summed E-state index contributed by atoms with van der Waals surface area (Å²) in [5.41, 5.74) is 2.21. The second-order valence-corrected chi connectivity index (χ2v) is 9.39. The highest BCUT2D eigenvalue weighted by Gasteiger charge is 2.10. The molecule has 0 saturated heterocycles. The van der Waals surface area contributed by atoms with E-state index in [0.29, 0.717) is 28.9 Å². The Kier molecular flexibility index (Phi) is 7.72. The van der Waals surface area contributed by atoms with Gasteiger partial charge < -0.3 is 24.1 Å². The van der Waals surface area contributed by atoms with E-state index >= 15 is 0 Å². The number of nitrogens with one attached hydrogen (secondary N) is 1. The molecule has 7 nitrogen and oxygen atoms in total. The van der Waals surface area contributed by atoms with E-state index in [1.807, 2.05) is 55.4 Å². The molecule has 5 rings (SSSR count). The topological polar surface area (TPSA) is 72.7 Å². The van der Waals surface area contributed by atoms with Crippen LogP contribution >= 0.6 is 11.6 Å². The van der Waals surface area contributed by atoms with Gasteiger partial charge in [-0.25, -0.2) is 14.4 Å². The summed E-state index contributed by atoms with van der Waals surface area (Å²) < 4.78 is 31.0. The van der Waals surface area contributed by atoms with Crippen molar-refractivity contribution in [2.75, 3.05) is 19.4 Å². The number of hydrogen-bond acceptors (Lipinski definition) is 7. The molecule has 0 aliphatic heterocycles. The summed E-state index contributed by atoms with van der Waals surface area (Å²) in [5, 5.41) is 4.51. The van der Waals surface area contributed by atoms with Gasteiger partial charge in [-0.05, 0) is 80.3 Å². The standard InChI is InChI=1S/C29H26ClFN4O3/c1-35(2)15-23-7-8-24(38-23)17-36-22-9-10-27-25(14-22)29(33-18-32-27)34-21-6-11-28(26(30)13-21)37-16-19-4-3-5-20(31)12-19/h3-14,18H,15-17H2,1-2H3,(H,32,33,34). The lowest BCUT2D eigenvalue weighted by molar-refractivity contribution is 0.258. The first kappa shape index (κ1) is 25.5. The highest BCUT2D eigenvalue weighted by molar-refractivity contribution is 6.32. The number of nitrogens with zero attached hydrogens (tertiary/aromatic N) is 3. The second-order valence-electron chi connectivity index (χ2n) is 8.98. The summed E-state index contributed by atoms with van der Waals surface area (Å²) in [6, 6.07) is 21.1. The molecule has 0 radical (unpaired) electrons. The van der Waals surface area contributed by atoms with Crippen LogP contribution in [0.15, 0.2) is 83.5 Å². The van der Waals surface area contributed by atoms with Crippen LogP contribution in [-0.4, -0.2) is 29.0 Å². The van der Waals surface area contributed by atoms with Crippen LogP contribution in [0.5, 0.6) is 11.5 Å². The molecule has 0 bridgehead atoms. The minimum absolute atomic E-state index is 0.207. The monoisotopic (exact) mass is 532 g/mol. The molecule has 0 aliphatic rings. The van der Waals surface area contributed by atoms with E-state index in [1.54, 1.807) is 24.3 Å². The van der Waals surface area contributed by atoms with E-state index in [4.69, 9.17) is 25.5 Å². The molecule has 2 heterocycles. The highest BCUT2D eigenvalue weighted by Crippen LogP contribution is 2.32. The maximum Gasteiger partial charge on any atom is 0.146 e. The normalized spacial score (nSPS) is 11.2. The van der Waals surface area contributed by atoms with Crippen molar-refractivity contribution in [2.24, 2.45) is 0 Å². The molecule has 194 valence electrons. The molecule has 5 aromatic rings. The molecule has 9 heteroatoms. The molecule has 0 unspecified atom stereocenters. The van der Waals surface area contributed by atoms with Crippen molar-refractivity contribution in [1.82, 2.24) is 14.9 Å². The van der Waals surface area contributed by atoms with Crippen molar-refractivity contribution in [3.8, 4) is 11.5 Å². The number of rotatable bonds is 10. The van der Waals surface area contributed by atoms with Crippen LogP contribution in [0.2, 0.25) is 5.02 Å². The summed E-state index contributed by atoms with van der Waals surface area (Å²) in [6.45, 7) is 1.24. The number of fused-ring (bicyclic) bond motifs is 1. The van der Waals surface area contributed by atoms with Crippen LogP contribution < -0.4 is 14.8 Å². The molecule has 1 N–H and O–H groups in total. The third kappa shape index (κ3) is 6.40. The Morgan fingerprint density at radius 3 is 2.61 bits per heavy atom. The molecule has 0 spiro atoms. The molecule has 0 amide bonds. The largest absolute Gasteiger partial charge is 0.487 e. The second kappa shape index (κ2) is 11.5. The maximum absolute atomic E-state index is 13.4. The summed E-state index contributed by atoms with van der Waals surface area (Å²) in [4.78, 5) is 10.8. The molecule has 0 aliphatic carbocycles. The van der Waals surface area contributed by atoms with Gasteiger partial charge in [0.25, 0.3) is 0 Å². The molecule has 2 aromatic heterocycles. The molecular weight excluding hydrogens is 507 g/mol. The molecule has 0 saturated carbocycles. The lowest BCUT2D eigenvalue weighted by atomic mass is 10.2. The summed E-state index contributed by atoms with van der Waals surface area (Å²) in [7, 11) is 3.99. The highest BCUT2D eigenvalue weighted by atomic mass is 35.5. The van der Waals surface area contributed by atoms with Crippen molar-refractivity contribution in [3.63, 3.8) is 0 Å². The minimum Gasteiger partial charge on any atom is -0.487 e. The van der Waals surface area contributed by atoms with Crippen molar-refractivity contribution >= 4 is 34.0 Å². The fourth-order valence-corrected chi connectivity index (χ4v) is 4.13. The summed E-state index contributed by atoms with van der Waals surface area (Å²) >= 11 is 6.46. The number of hydrogen-bond donors (Lipinski definition) is 1. The predicted octanol–water partition coefficient (Wildman–Crippen LogP) is 6.98. The van der Waals surface area contributed by atoms with Crippen molar-refractivity contribution in [3.05, 3.63) is 107 Å². The third-order valence-electron chi connectivity index (χ3n) is 5.66. The first-order valence-corrected chi connectivity index (χ1v) is 12.3. The summed E-state index contributed by atoms with van der Waals surface area (Å²) in [6.07, 6.45) is 1.50. The average Bonchev–Trinajstić information content (AvgIpc) is 3.34. The van der Waals surface area contributed by atoms with Gasteiger partial charge in [0, 0.05) is 11.1 Å². The van der Waals surface area contributed by atoms with Gasteiger partial charge in [0.15, 0.2) is 0 Å². The number of furan rings is 1. The first-order chi connectivity index (χ1) is 18.4. The average molecular weight is 533 g/mol. The molecule has 0 atom stereocenters. The van der Waals surface area contributed by atoms with Crippen molar-refractivity contribution < 1.29 is 18.3 Å². The number of ether oxygens (including phenoxy) is 2. The van der Waals surface area contributed by atoms with Crippen LogP contribution in [0.1, 0.15) is 17.1 Å². The first-order valence-electron chi connectivity index (χ1n) is 12.0. The number of halogens is 2. The van der Waals surface area contributed by atoms with Gasteiger partial charge in [0.2, 0.25) is 0 Å². The van der Waals surface area contributed by atoms with Gasteiger partial charge >= 0.3 is 0 Å². The van der Waals surface area contributed by atoms with E-state index in [2.05, 4.69) is 15.3 Å². The van der Waals surface area contributed by atoms with Gasteiger partial charge in [-0.3, -0.25) is 0 Å². The molecule has 0 fully saturated rings. The Balaban J connectivity index is 1.28. The Morgan fingerprint density at radius 2 is 1.79 bits per heavy atom. The Labute approximate surface area is 224 Å². The van der Waals surface area contributed by atoms with Gasteiger partial charge in [0.1, 0.15) is 54.2 Å². The smallest absolute Gasteiger partial charge is 0.146 e. The van der Waals surface area contributed by atoms with Crippen LogP contribution in [0, 0.1) is 5.82 Å². The Bertz CT molecular complexity index is 1560. The predicted molar refractivity (Wildman–Crippen MR) is 145 cm³/mol. The van der Waals surface area contributed by atoms with Gasteiger partial charge in [-0.15, -0.1) is 0 Å². The number of anilines is 2. The molecular formula is C29H26ClFN4O3. The van der Waals surface area contributed by atoms with E-state index in [-0.39, 0.29) is 12.4 Å². The quantitative estimate of drug-likeness (QED) is 0.208. The fraction of sp³-hybridized carbons (Fsp3) is 0.172. The lowest BCUT2D eigenvalue weighted by Gasteiger charge is -2.12. The Morgan fingerprint density at radius 1 is 0.921 bits per heavy atom. The van der Waals surface area contributed by atoms with Gasteiger partial charge in [-0.1, -0.05) is 23.7 Å². The summed E-state index contributed by atoms with van der Waals surface area (Å²) in [5.74, 6) is 3.10. The molecule has 3 aromatic carbocycles. The lowest BCUT2D eigenvalue weighted by Crippen LogP contribution is -2.09. The number of aromatic nitrogens is 2. The van der Waals surface area contributed by atoms with E-state index < -0.39 is 0 Å². The van der Waals surface area contributed by atoms with Crippen molar-refractivity contribution in [1.29, 1.82) is 0 Å². The minimum atomic E-state index is -0.308. The zero-order valence-corrected chi connectivity index (χ0v) is 21.7. The zero-order valence-electron chi connectivity index (χ0n) is 20.9. The van der Waals surface area contributed by atoms with E-state index in [9.17, 15) is 4.39 Å². The zero-order chi connectivity index (χ0) is 26.5. The van der Waals surface area contributed by atoms with Crippen LogP contribution in [-0.2, 0) is 19.8 Å². The third-order valence-corrected chi connectivity index (χ3v) is 5.95. The number of benzene rings is 3. The van der Waals surface area contributed by atoms with Gasteiger partial charge in [-0.2, -0.15) is 0 Å². The molecule has 38 heavy (non-hydrogen) atoms. The van der Waals surface area contributed by atoms with Crippen molar-refractivity contribution in [2.45, 2.75) is 19.8 Å². The van der Waals surface area contributed by atoms with Crippen LogP contribution in [0.3, 0.4) is 0 Å². The van der Waals surface area contributed by atoms with E-state index in [1.165, 1.54) is 18.5 Å². The van der Waals surface area contributed by atoms with E-state index in [0.717, 1.165) is 40.2 Å². The SMILES string of the molecule is CN(C)Cc1ccc(COc2ccc3ncnc(Nc4ccc(OCc5cccc(F)c5)c(Cl)c4)c3c2)o1. The fourth-order valence-electron chi connectivity index (χ4n) is 3.90. The maximum atomic E-state index is 13.4. The Hall–Kier alpha value is -4.14. The van der Waals surface area contributed by atoms with Gasteiger partial charge in [0.05, 0.1) is 17.1 Å².